The minimum Gasteiger partial charge on any atom is -0.304 e. The number of hydrogen-bond acceptors (Lipinski definition) is 3. The average molecular weight is 340 g/mol. The fraction of sp³-hybridized carbons (Fsp3) is 0.700. The second kappa shape index (κ2) is 5.70. The van der Waals surface area contributed by atoms with Gasteiger partial charge in [0.15, 0.2) is 5.65 Å². The van der Waals surface area contributed by atoms with Crippen molar-refractivity contribution in [3.05, 3.63) is 34.9 Å². The van der Waals surface area contributed by atoms with Crippen LogP contribution in [-0.4, -0.2) is 39.2 Å². The fourth-order valence-corrected chi connectivity index (χ4v) is 6.51. The van der Waals surface area contributed by atoms with Crippen molar-refractivity contribution in [2.75, 3.05) is 20.1 Å². The van der Waals surface area contributed by atoms with Gasteiger partial charge in [-0.1, -0.05) is 6.07 Å². The Labute approximate surface area is 148 Å². The predicted octanol–water partition coefficient (Wildman–Crippen LogP) is 2.64. The third kappa shape index (κ3) is 2.73. The van der Waals surface area contributed by atoms with E-state index in [0.29, 0.717) is 12.0 Å². The van der Waals surface area contributed by atoms with Crippen LogP contribution in [0, 0.1) is 23.2 Å². The molecule has 4 saturated carbocycles. The van der Waals surface area contributed by atoms with Gasteiger partial charge in [-0.05, 0) is 80.9 Å². The van der Waals surface area contributed by atoms with E-state index < -0.39 is 0 Å². The molecule has 6 rings (SSSR count). The van der Waals surface area contributed by atoms with Crippen molar-refractivity contribution in [3.63, 3.8) is 0 Å². The molecule has 25 heavy (non-hydrogen) atoms. The van der Waals surface area contributed by atoms with Crippen molar-refractivity contribution in [1.29, 1.82) is 0 Å². The fourth-order valence-electron chi connectivity index (χ4n) is 6.51. The quantitative estimate of drug-likeness (QED) is 0.840. The van der Waals surface area contributed by atoms with E-state index in [9.17, 15) is 4.79 Å². The van der Waals surface area contributed by atoms with Gasteiger partial charge in [0.25, 0.3) is 0 Å². The summed E-state index contributed by atoms with van der Waals surface area (Å²) in [5.74, 6) is 3.00. The van der Waals surface area contributed by atoms with Gasteiger partial charge in [-0.3, -0.25) is 4.40 Å². The van der Waals surface area contributed by atoms with Crippen molar-refractivity contribution in [2.24, 2.45) is 23.2 Å². The molecular formula is C20H28N4O. The molecule has 5 heteroatoms. The molecule has 0 unspecified atom stereocenters. The Morgan fingerprint density at radius 1 is 1.16 bits per heavy atom. The summed E-state index contributed by atoms with van der Waals surface area (Å²) in [7, 11) is 2.22. The molecule has 4 fully saturated rings. The van der Waals surface area contributed by atoms with Gasteiger partial charge in [-0.2, -0.15) is 0 Å². The smallest absolute Gasteiger partial charge is 0.304 e. The topological polar surface area (TPSA) is 42.5 Å². The summed E-state index contributed by atoms with van der Waals surface area (Å²) in [4.78, 5) is 14.8. The molecule has 0 aromatic carbocycles. The van der Waals surface area contributed by atoms with Crippen LogP contribution in [0.3, 0.4) is 0 Å². The lowest BCUT2D eigenvalue weighted by Crippen LogP contribution is -2.51. The van der Waals surface area contributed by atoms with Gasteiger partial charge in [0.05, 0.1) is 6.54 Å². The van der Waals surface area contributed by atoms with Gasteiger partial charge in [0, 0.05) is 19.3 Å². The maximum absolute atomic E-state index is 12.4. The normalized spacial score (nSPS) is 33.6. The molecule has 0 spiro atoms. The Kier molecular flexibility index (Phi) is 3.56. The van der Waals surface area contributed by atoms with Crippen LogP contribution in [0.15, 0.2) is 29.2 Å². The van der Waals surface area contributed by atoms with Crippen LogP contribution in [0.1, 0.15) is 38.5 Å². The molecule has 0 radical (unpaired) electrons. The van der Waals surface area contributed by atoms with Gasteiger partial charge < -0.3 is 4.90 Å². The summed E-state index contributed by atoms with van der Waals surface area (Å²) < 4.78 is 3.24. The van der Waals surface area contributed by atoms with E-state index in [1.807, 2.05) is 18.2 Å². The third-order valence-corrected chi connectivity index (χ3v) is 6.95. The number of likely N-dealkylation sites (N-methyl/N-ethyl adjacent to an activating group) is 1. The van der Waals surface area contributed by atoms with E-state index in [1.165, 1.54) is 45.1 Å². The summed E-state index contributed by atoms with van der Waals surface area (Å²) in [6, 6.07) is 5.68. The highest BCUT2D eigenvalue weighted by molar-refractivity contribution is 5.35. The zero-order valence-electron chi connectivity index (χ0n) is 15.1. The second-order valence-corrected chi connectivity index (χ2v) is 9.09. The molecule has 0 saturated heterocycles. The Morgan fingerprint density at radius 3 is 2.48 bits per heavy atom. The Morgan fingerprint density at radius 2 is 1.84 bits per heavy atom. The third-order valence-electron chi connectivity index (χ3n) is 6.95. The van der Waals surface area contributed by atoms with Gasteiger partial charge in [0.2, 0.25) is 0 Å². The maximum Gasteiger partial charge on any atom is 0.350 e. The van der Waals surface area contributed by atoms with E-state index in [4.69, 9.17) is 0 Å². The molecule has 0 atom stereocenters. The molecule has 2 heterocycles. The number of hydrogen-bond donors (Lipinski definition) is 0. The summed E-state index contributed by atoms with van der Waals surface area (Å²) in [6.45, 7) is 2.76. The summed E-state index contributed by atoms with van der Waals surface area (Å²) in [5, 5.41) is 4.45. The zero-order valence-corrected chi connectivity index (χ0v) is 15.1. The zero-order chi connectivity index (χ0) is 17.0. The van der Waals surface area contributed by atoms with Crippen LogP contribution in [-0.2, 0) is 6.54 Å². The lowest BCUT2D eigenvalue weighted by Gasteiger charge is -2.57. The largest absolute Gasteiger partial charge is 0.350 e. The Balaban J connectivity index is 1.26. The van der Waals surface area contributed by atoms with Crippen molar-refractivity contribution in [2.45, 2.75) is 45.1 Å². The first-order chi connectivity index (χ1) is 12.1. The van der Waals surface area contributed by atoms with E-state index in [-0.39, 0.29) is 5.69 Å². The number of pyridine rings is 1. The molecule has 0 N–H and O–H groups in total. The lowest BCUT2D eigenvalue weighted by molar-refractivity contribution is -0.0664. The first-order valence-electron chi connectivity index (χ1n) is 9.83. The average Bonchev–Trinajstić information content (AvgIpc) is 2.88. The minimum absolute atomic E-state index is 0.0289. The van der Waals surface area contributed by atoms with Crippen LogP contribution in [0.4, 0.5) is 0 Å². The number of fused-ring (bicyclic) bond motifs is 1. The molecule has 5 nitrogen and oxygen atoms in total. The standard InChI is InChI=1S/C20H28N4O/c1-22(6-7-24-19(25)23-5-3-2-4-18(23)21-24)14-20-11-15-8-16(12-20)10-17(9-15)13-20/h2-5,15-17H,6-14H2,1H3. The molecule has 4 bridgehead atoms. The van der Waals surface area contributed by atoms with Gasteiger partial charge in [-0.25, -0.2) is 9.48 Å². The first kappa shape index (κ1) is 15.6. The van der Waals surface area contributed by atoms with Gasteiger partial charge in [0.1, 0.15) is 0 Å². The molecule has 4 aliphatic carbocycles. The van der Waals surface area contributed by atoms with Crippen molar-refractivity contribution in [3.8, 4) is 0 Å². The number of rotatable bonds is 5. The van der Waals surface area contributed by atoms with Crippen LogP contribution in [0.25, 0.3) is 5.65 Å². The molecule has 2 aromatic rings. The highest BCUT2D eigenvalue weighted by atomic mass is 16.2. The van der Waals surface area contributed by atoms with Crippen LogP contribution in [0.5, 0.6) is 0 Å². The van der Waals surface area contributed by atoms with Crippen LogP contribution >= 0.6 is 0 Å². The van der Waals surface area contributed by atoms with E-state index in [2.05, 4.69) is 17.0 Å². The summed E-state index contributed by atoms with van der Waals surface area (Å²) in [6.07, 6.45) is 10.6. The maximum atomic E-state index is 12.4. The van der Waals surface area contributed by atoms with E-state index in [0.717, 1.165) is 29.9 Å². The highest BCUT2D eigenvalue weighted by Gasteiger charge is 2.50. The molecule has 4 aliphatic rings. The van der Waals surface area contributed by atoms with Crippen LogP contribution < -0.4 is 5.69 Å². The number of nitrogens with zero attached hydrogens (tertiary/aromatic N) is 4. The second-order valence-electron chi connectivity index (χ2n) is 9.09. The molecule has 0 aliphatic heterocycles. The summed E-state index contributed by atoms with van der Waals surface area (Å²) >= 11 is 0. The Hall–Kier alpha value is -1.62. The van der Waals surface area contributed by atoms with Gasteiger partial charge in [-0.15, -0.1) is 5.10 Å². The number of aromatic nitrogens is 3. The van der Waals surface area contributed by atoms with Crippen molar-refractivity contribution < 1.29 is 0 Å². The van der Waals surface area contributed by atoms with Crippen LogP contribution in [0.2, 0.25) is 0 Å². The van der Waals surface area contributed by atoms with Crippen molar-refractivity contribution >= 4 is 5.65 Å². The summed E-state index contributed by atoms with van der Waals surface area (Å²) in [5.41, 5.74) is 1.27. The molecule has 0 amide bonds. The Bertz CT molecular complexity index is 800. The highest BCUT2D eigenvalue weighted by Crippen LogP contribution is 2.60. The minimum atomic E-state index is -0.0289. The van der Waals surface area contributed by atoms with E-state index in [1.54, 1.807) is 15.3 Å². The van der Waals surface area contributed by atoms with Crippen molar-refractivity contribution in [1.82, 2.24) is 19.1 Å². The predicted molar refractivity (Wildman–Crippen MR) is 97.6 cm³/mol. The first-order valence-corrected chi connectivity index (χ1v) is 9.83. The monoisotopic (exact) mass is 340 g/mol. The lowest BCUT2D eigenvalue weighted by atomic mass is 9.49. The van der Waals surface area contributed by atoms with Gasteiger partial charge >= 0.3 is 5.69 Å². The SMILES string of the molecule is CN(CCn1nc2ccccn2c1=O)CC12CC3CC(CC(C3)C1)C2. The molecule has 134 valence electrons. The molecule has 2 aromatic heterocycles. The molecular weight excluding hydrogens is 312 g/mol. The van der Waals surface area contributed by atoms with E-state index >= 15 is 0 Å².